The highest BCUT2D eigenvalue weighted by Crippen LogP contribution is 2.40. The van der Waals surface area contributed by atoms with Crippen LogP contribution in [-0.2, 0) is 18.5 Å². The molecule has 5 N–H and O–H groups in total. The molecule has 0 saturated carbocycles. The molecule has 0 unspecified atom stereocenters. The first-order valence-electron chi connectivity index (χ1n) is 15.1. The minimum atomic E-state index is -4.64. The highest BCUT2D eigenvalue weighted by molar-refractivity contribution is 6.31. The smallest absolute Gasteiger partial charge is 0.424 e. The van der Waals surface area contributed by atoms with Gasteiger partial charge in [0.1, 0.15) is 17.2 Å². The van der Waals surface area contributed by atoms with E-state index >= 15 is 0 Å². The molecule has 0 bridgehead atoms. The number of rotatable bonds is 6. The predicted octanol–water partition coefficient (Wildman–Crippen LogP) is 8.31. The van der Waals surface area contributed by atoms with Crippen LogP contribution in [0.25, 0.3) is 4.98 Å². The number of H-pyrrole nitrogens is 3. The monoisotopic (exact) mass is 837 g/mol. The molecule has 0 amide bonds. The number of diazo groups is 1. The maximum Gasteiger partial charge on any atom is 0.424 e. The Balaban J connectivity index is 0.000000223. The Labute approximate surface area is 321 Å². The number of hydrogen-bond donors (Lipinski definition) is 4. The first-order chi connectivity index (χ1) is 25.6. The lowest BCUT2D eigenvalue weighted by atomic mass is 10.1. The maximum atomic E-state index is 12.7. The molecule has 0 spiro atoms. The van der Waals surface area contributed by atoms with E-state index in [0.29, 0.717) is 5.69 Å². The van der Waals surface area contributed by atoms with Crippen molar-refractivity contribution in [3.8, 4) is 34.9 Å². The van der Waals surface area contributed by atoms with Gasteiger partial charge in [-0.15, -0.1) is 15.3 Å². The molecular formula is C33H26Cl2F9N9O3. The topological polar surface area (TPSA) is 168 Å². The number of aromatic amines is 3. The minimum Gasteiger partial charge on any atom is -1.00 e. The minimum absolute atomic E-state index is 0. The number of nitrogens with one attached hydrogen (secondary N) is 3. The first-order valence-corrected chi connectivity index (χ1v) is 15.5. The second-order valence-corrected chi connectivity index (χ2v) is 11.5. The largest absolute Gasteiger partial charge is 1.00 e. The van der Waals surface area contributed by atoms with E-state index in [1.54, 1.807) is 32.9 Å². The Kier molecular flexibility index (Phi) is 14.2. The lowest BCUT2D eigenvalue weighted by Crippen LogP contribution is -3.00. The van der Waals surface area contributed by atoms with Crippen molar-refractivity contribution in [2.45, 2.75) is 39.3 Å². The number of halogens is 11. The van der Waals surface area contributed by atoms with Crippen LogP contribution in [0.1, 0.15) is 33.8 Å². The van der Waals surface area contributed by atoms with E-state index in [-0.39, 0.29) is 58.0 Å². The number of anilines is 1. The van der Waals surface area contributed by atoms with E-state index in [2.05, 4.69) is 35.6 Å². The molecule has 6 aromatic rings. The summed E-state index contributed by atoms with van der Waals surface area (Å²) in [5.74, 6) is 0.556. The lowest BCUT2D eigenvalue weighted by Gasteiger charge is -2.11. The van der Waals surface area contributed by atoms with Gasteiger partial charge >= 0.3 is 24.2 Å². The number of hydrogen-bond acceptors (Lipinski definition) is 8. The van der Waals surface area contributed by atoms with Crippen LogP contribution in [0, 0.1) is 26.2 Å². The summed E-state index contributed by atoms with van der Waals surface area (Å²) in [6.45, 7) is 5.24. The van der Waals surface area contributed by atoms with Crippen molar-refractivity contribution in [2.75, 3.05) is 5.73 Å². The van der Waals surface area contributed by atoms with Gasteiger partial charge in [0.05, 0.1) is 16.1 Å². The summed E-state index contributed by atoms with van der Waals surface area (Å²) in [5.41, 5.74) is 3.63. The van der Waals surface area contributed by atoms with Gasteiger partial charge in [-0.25, -0.2) is 0 Å². The molecule has 0 fully saturated rings. The van der Waals surface area contributed by atoms with Gasteiger partial charge in [0.15, 0.2) is 10.5 Å². The van der Waals surface area contributed by atoms with E-state index in [4.69, 9.17) is 36.9 Å². The summed E-state index contributed by atoms with van der Waals surface area (Å²) in [7, 11) is 0. The van der Waals surface area contributed by atoms with Crippen molar-refractivity contribution >= 4 is 23.0 Å². The van der Waals surface area contributed by atoms with Gasteiger partial charge in [0, 0.05) is 53.1 Å². The van der Waals surface area contributed by atoms with E-state index in [9.17, 15) is 39.5 Å². The SMILES string of the molecule is Cc1cc(Oc2ccc(Cl)c(C(F)(F)F)c2)n[nH]1.Cc1cc(Oc2ccc(N)c(C(F)(F)F)c2)n[nH]1.Cc1cc(Oc2ccc([N+]#N)c(C(F)(F)F)c2)n[nH]1.[Cl-]. The zero-order chi connectivity index (χ0) is 40.7. The summed E-state index contributed by atoms with van der Waals surface area (Å²) in [5, 5.41) is 27.3. The summed E-state index contributed by atoms with van der Waals surface area (Å²) in [6, 6.07) is 14.4. The van der Waals surface area contributed by atoms with E-state index in [1.807, 2.05) is 0 Å². The zero-order valence-electron chi connectivity index (χ0n) is 28.6. The van der Waals surface area contributed by atoms with Crippen molar-refractivity contribution in [3.05, 3.63) is 117 Å². The fourth-order valence-electron chi connectivity index (χ4n) is 4.22. The molecule has 6 rings (SSSR count). The van der Waals surface area contributed by atoms with Crippen LogP contribution in [0.4, 0.5) is 50.9 Å². The number of ether oxygens (including phenoxy) is 3. The van der Waals surface area contributed by atoms with Gasteiger partial charge in [0.2, 0.25) is 23.0 Å². The Bertz CT molecular complexity index is 2180. The second kappa shape index (κ2) is 18.0. The average Bonchev–Trinajstić information content (AvgIpc) is 3.82. The fraction of sp³-hybridized carbons (Fsp3) is 0.182. The standard InChI is InChI=1S/C11H8ClF3N2O.C11H8F3N4O.C11H10F3N3O.ClH/c1-6-4-10(17-16-6)18-7-2-3-9(12)8(5-7)11(13,14)15;1-6-4-10(18-17-6)19-7-2-3-9(16-15)8(5-7)11(12,13)14;1-6-4-10(17-16-6)18-7-2-3-9(15)8(5-7)11(12,13)14;/h2-5H,1H3,(H,16,17);2-5H,1H3,(H,17,18);2-5H,15H2,1H3,(H,16,17);1H/q;+1;;/p-1. The summed E-state index contributed by atoms with van der Waals surface area (Å²) in [4.78, 5) is 2.59. The molecule has 12 nitrogen and oxygen atoms in total. The molecular weight excluding hydrogens is 812 g/mol. The quantitative estimate of drug-likeness (QED) is 0.0738. The number of aromatic nitrogens is 6. The normalized spacial score (nSPS) is 11.2. The predicted molar refractivity (Wildman–Crippen MR) is 179 cm³/mol. The van der Waals surface area contributed by atoms with Gasteiger partial charge in [0.25, 0.3) is 0 Å². The molecule has 56 heavy (non-hydrogen) atoms. The highest BCUT2D eigenvalue weighted by Gasteiger charge is 2.39. The Hall–Kier alpha value is -6.14. The molecule has 0 atom stereocenters. The number of benzene rings is 3. The van der Waals surface area contributed by atoms with Crippen molar-refractivity contribution < 1.29 is 66.1 Å². The molecule has 3 aromatic carbocycles. The van der Waals surface area contributed by atoms with Crippen LogP contribution in [0.15, 0.2) is 72.8 Å². The van der Waals surface area contributed by atoms with E-state index in [0.717, 1.165) is 47.8 Å². The van der Waals surface area contributed by atoms with Gasteiger partial charge in [-0.2, -0.15) is 39.5 Å². The Morgan fingerprint density at radius 3 is 1.29 bits per heavy atom. The van der Waals surface area contributed by atoms with Crippen molar-refractivity contribution in [1.82, 2.24) is 30.6 Å². The van der Waals surface area contributed by atoms with Crippen molar-refractivity contribution in [3.63, 3.8) is 0 Å². The van der Waals surface area contributed by atoms with Crippen LogP contribution in [0.3, 0.4) is 0 Å². The van der Waals surface area contributed by atoms with Crippen molar-refractivity contribution in [2.24, 2.45) is 0 Å². The second-order valence-electron chi connectivity index (χ2n) is 11.1. The van der Waals surface area contributed by atoms with Crippen LogP contribution in [0.5, 0.6) is 34.9 Å². The van der Waals surface area contributed by atoms with Gasteiger partial charge < -0.3 is 32.4 Å². The molecule has 3 aromatic heterocycles. The van der Waals surface area contributed by atoms with E-state index in [1.165, 1.54) is 24.3 Å². The number of nitrogens with two attached hydrogens (primary N) is 1. The number of nitrogen functional groups attached to an aromatic ring is 1. The summed E-state index contributed by atoms with van der Waals surface area (Å²) in [6.07, 6.45) is -13.7. The highest BCUT2D eigenvalue weighted by atomic mass is 35.5. The Morgan fingerprint density at radius 2 is 0.929 bits per heavy atom. The molecule has 298 valence electrons. The number of aryl methyl sites for hydroxylation is 3. The molecule has 23 heteroatoms. The Morgan fingerprint density at radius 1 is 0.571 bits per heavy atom. The van der Waals surface area contributed by atoms with Crippen LogP contribution in [0.2, 0.25) is 5.02 Å². The van der Waals surface area contributed by atoms with E-state index < -0.39 is 40.9 Å². The third-order valence-corrected chi connectivity index (χ3v) is 7.00. The van der Waals surface area contributed by atoms with Gasteiger partial charge in [-0.3, -0.25) is 15.3 Å². The average molecular weight is 839 g/mol. The maximum absolute atomic E-state index is 12.7. The molecule has 3 heterocycles. The first kappa shape index (κ1) is 44.3. The lowest BCUT2D eigenvalue weighted by molar-refractivity contribution is -0.138. The third-order valence-electron chi connectivity index (χ3n) is 6.67. The summed E-state index contributed by atoms with van der Waals surface area (Å²) < 4.78 is 129. The van der Waals surface area contributed by atoms with Gasteiger partial charge in [-0.05, 0) is 63.2 Å². The number of alkyl halides is 9. The third kappa shape index (κ3) is 12.5. The molecule has 0 aliphatic carbocycles. The van der Waals surface area contributed by atoms with Gasteiger partial charge in [-0.1, -0.05) is 11.6 Å². The van der Waals surface area contributed by atoms with Crippen LogP contribution >= 0.6 is 11.6 Å². The number of nitrogens with zero attached hydrogens (tertiary/aromatic N) is 5. The molecule has 0 aliphatic heterocycles. The van der Waals surface area contributed by atoms with Crippen LogP contribution < -0.4 is 32.4 Å². The molecule has 0 radical (unpaired) electrons. The van der Waals surface area contributed by atoms with Crippen LogP contribution in [-0.4, -0.2) is 30.6 Å². The fourth-order valence-corrected chi connectivity index (χ4v) is 4.45. The molecule has 0 saturated heterocycles. The molecule has 0 aliphatic rings. The summed E-state index contributed by atoms with van der Waals surface area (Å²) >= 11 is 5.49. The van der Waals surface area contributed by atoms with Crippen molar-refractivity contribution in [1.29, 1.82) is 5.39 Å². The zero-order valence-corrected chi connectivity index (χ0v) is 30.1.